The highest BCUT2D eigenvalue weighted by Gasteiger charge is 2.14. The van der Waals surface area contributed by atoms with E-state index in [-0.39, 0.29) is 11.3 Å². The number of rotatable bonds is 6. The molecule has 1 amide bonds. The van der Waals surface area contributed by atoms with Crippen molar-refractivity contribution in [2.45, 2.75) is 39.7 Å². The molecule has 0 aliphatic heterocycles. The van der Waals surface area contributed by atoms with E-state index in [1.165, 1.54) is 11.1 Å². The van der Waals surface area contributed by atoms with E-state index in [0.717, 1.165) is 18.9 Å². The minimum absolute atomic E-state index is 0.0691. The number of anilines is 2. The molecule has 0 spiro atoms. The van der Waals surface area contributed by atoms with Gasteiger partial charge in [-0.05, 0) is 47.7 Å². The number of hydrogen-bond acceptors (Lipinski definition) is 3. The number of carbonyl (C=O) groups excluding carboxylic acids is 1. The third-order valence-corrected chi connectivity index (χ3v) is 4.94. The SMILES string of the molecule is CCN(Cc1ccccc1)c1ccc(NC(=O)c2ccc(C(C)(C)C)cc2)cn1. The summed E-state index contributed by atoms with van der Waals surface area (Å²) in [5, 5.41) is 2.93. The standard InChI is InChI=1S/C25H29N3O/c1-5-28(18-19-9-7-6-8-10-19)23-16-15-22(17-26-23)27-24(29)20-11-13-21(14-12-20)25(2,3)4/h6-17H,5,18H2,1-4H3,(H,27,29). The van der Waals surface area contributed by atoms with E-state index < -0.39 is 0 Å². The van der Waals surface area contributed by atoms with Crippen LogP contribution in [0.5, 0.6) is 0 Å². The molecule has 4 heteroatoms. The lowest BCUT2D eigenvalue weighted by Crippen LogP contribution is -2.23. The van der Waals surface area contributed by atoms with Crippen molar-refractivity contribution in [1.29, 1.82) is 0 Å². The second-order valence-corrected chi connectivity index (χ2v) is 8.19. The third-order valence-electron chi connectivity index (χ3n) is 4.94. The molecule has 1 heterocycles. The Morgan fingerprint density at radius 3 is 2.21 bits per heavy atom. The van der Waals surface area contributed by atoms with Crippen molar-refractivity contribution in [3.8, 4) is 0 Å². The van der Waals surface area contributed by atoms with Crippen LogP contribution < -0.4 is 10.2 Å². The van der Waals surface area contributed by atoms with Gasteiger partial charge in [0.1, 0.15) is 5.82 Å². The Balaban J connectivity index is 1.65. The number of benzene rings is 2. The molecule has 0 atom stereocenters. The van der Waals surface area contributed by atoms with E-state index in [4.69, 9.17) is 0 Å². The highest BCUT2D eigenvalue weighted by Crippen LogP contribution is 2.23. The lowest BCUT2D eigenvalue weighted by molar-refractivity contribution is 0.102. The Kier molecular flexibility index (Phi) is 6.32. The summed E-state index contributed by atoms with van der Waals surface area (Å²) >= 11 is 0. The molecule has 150 valence electrons. The van der Waals surface area contributed by atoms with Gasteiger partial charge in [0, 0.05) is 18.7 Å². The van der Waals surface area contributed by atoms with Gasteiger partial charge < -0.3 is 10.2 Å². The van der Waals surface area contributed by atoms with Crippen molar-refractivity contribution in [1.82, 2.24) is 4.98 Å². The summed E-state index contributed by atoms with van der Waals surface area (Å²) in [5.74, 6) is 0.764. The second-order valence-electron chi connectivity index (χ2n) is 8.19. The average molecular weight is 388 g/mol. The molecule has 1 aromatic heterocycles. The maximum absolute atomic E-state index is 12.5. The molecule has 0 bridgehead atoms. The van der Waals surface area contributed by atoms with Gasteiger partial charge >= 0.3 is 0 Å². The third kappa shape index (κ3) is 5.44. The zero-order chi connectivity index (χ0) is 20.9. The van der Waals surface area contributed by atoms with Crippen LogP contribution in [0, 0.1) is 0 Å². The van der Waals surface area contributed by atoms with Gasteiger partial charge in [0.2, 0.25) is 0 Å². The Hall–Kier alpha value is -3.14. The molecule has 0 radical (unpaired) electrons. The van der Waals surface area contributed by atoms with Crippen molar-refractivity contribution >= 4 is 17.4 Å². The maximum Gasteiger partial charge on any atom is 0.255 e. The Labute approximate surface area is 173 Å². The van der Waals surface area contributed by atoms with E-state index in [9.17, 15) is 4.79 Å². The lowest BCUT2D eigenvalue weighted by Gasteiger charge is -2.22. The summed E-state index contributed by atoms with van der Waals surface area (Å²) in [6.45, 7) is 10.2. The van der Waals surface area contributed by atoms with Crippen molar-refractivity contribution in [2.24, 2.45) is 0 Å². The van der Waals surface area contributed by atoms with E-state index in [2.05, 4.69) is 55.0 Å². The van der Waals surface area contributed by atoms with Gasteiger partial charge in [-0.2, -0.15) is 0 Å². The number of aromatic nitrogens is 1. The van der Waals surface area contributed by atoms with Crippen molar-refractivity contribution < 1.29 is 4.79 Å². The van der Waals surface area contributed by atoms with Crippen molar-refractivity contribution in [3.05, 3.63) is 89.6 Å². The summed E-state index contributed by atoms with van der Waals surface area (Å²) in [6, 6.07) is 22.0. The summed E-state index contributed by atoms with van der Waals surface area (Å²) in [6.07, 6.45) is 1.71. The molecule has 4 nitrogen and oxygen atoms in total. The van der Waals surface area contributed by atoms with E-state index in [1.807, 2.05) is 54.6 Å². The quantitative estimate of drug-likeness (QED) is 0.594. The Bertz CT molecular complexity index is 927. The highest BCUT2D eigenvalue weighted by atomic mass is 16.1. The summed E-state index contributed by atoms with van der Waals surface area (Å²) < 4.78 is 0. The molecule has 0 aliphatic carbocycles. The first-order valence-electron chi connectivity index (χ1n) is 10.0. The topological polar surface area (TPSA) is 45.2 Å². The van der Waals surface area contributed by atoms with Gasteiger partial charge in [-0.3, -0.25) is 4.79 Å². The minimum atomic E-state index is -0.128. The van der Waals surface area contributed by atoms with Crippen LogP contribution >= 0.6 is 0 Å². The lowest BCUT2D eigenvalue weighted by atomic mass is 9.87. The van der Waals surface area contributed by atoms with E-state index >= 15 is 0 Å². The molecule has 29 heavy (non-hydrogen) atoms. The second kappa shape index (κ2) is 8.91. The predicted octanol–water partition coefficient (Wildman–Crippen LogP) is 5.66. The van der Waals surface area contributed by atoms with Crippen LogP contribution in [0.25, 0.3) is 0 Å². The molecule has 0 aliphatic rings. The molecule has 2 aromatic carbocycles. The van der Waals surface area contributed by atoms with Crippen LogP contribution in [-0.4, -0.2) is 17.4 Å². The monoisotopic (exact) mass is 387 g/mol. The highest BCUT2D eigenvalue weighted by molar-refractivity contribution is 6.04. The van der Waals surface area contributed by atoms with Crippen LogP contribution in [0.3, 0.4) is 0 Å². The van der Waals surface area contributed by atoms with Gasteiger partial charge in [0.25, 0.3) is 5.91 Å². The summed E-state index contributed by atoms with van der Waals surface area (Å²) in [7, 11) is 0. The molecule has 3 rings (SSSR count). The van der Waals surface area contributed by atoms with E-state index in [0.29, 0.717) is 11.3 Å². The van der Waals surface area contributed by atoms with Crippen LogP contribution in [0.2, 0.25) is 0 Å². The van der Waals surface area contributed by atoms with Gasteiger partial charge in [-0.1, -0.05) is 63.2 Å². The fraction of sp³-hybridized carbons (Fsp3) is 0.280. The average Bonchev–Trinajstić information content (AvgIpc) is 2.73. The molecule has 0 unspecified atom stereocenters. The number of nitrogens with zero attached hydrogens (tertiary/aromatic N) is 2. The first kappa shape index (κ1) is 20.6. The Morgan fingerprint density at radius 1 is 0.966 bits per heavy atom. The summed E-state index contributed by atoms with van der Waals surface area (Å²) in [5.41, 5.74) is 3.85. The largest absolute Gasteiger partial charge is 0.353 e. The van der Waals surface area contributed by atoms with Crippen LogP contribution in [-0.2, 0) is 12.0 Å². The van der Waals surface area contributed by atoms with E-state index in [1.54, 1.807) is 6.20 Å². The number of nitrogens with one attached hydrogen (secondary N) is 1. The van der Waals surface area contributed by atoms with Crippen LogP contribution in [0.15, 0.2) is 72.9 Å². The molecule has 0 saturated heterocycles. The molecule has 1 N–H and O–H groups in total. The smallest absolute Gasteiger partial charge is 0.255 e. The molecule has 3 aromatic rings. The Morgan fingerprint density at radius 2 is 1.66 bits per heavy atom. The number of carbonyl (C=O) groups is 1. The first-order valence-corrected chi connectivity index (χ1v) is 10.0. The zero-order valence-electron chi connectivity index (χ0n) is 17.6. The van der Waals surface area contributed by atoms with Gasteiger partial charge in [-0.25, -0.2) is 4.98 Å². The predicted molar refractivity (Wildman–Crippen MR) is 120 cm³/mol. The number of pyridine rings is 1. The van der Waals surface area contributed by atoms with Gasteiger partial charge in [-0.15, -0.1) is 0 Å². The number of amides is 1. The van der Waals surface area contributed by atoms with Crippen molar-refractivity contribution in [3.63, 3.8) is 0 Å². The first-order chi connectivity index (χ1) is 13.9. The molecular formula is C25H29N3O. The summed E-state index contributed by atoms with van der Waals surface area (Å²) in [4.78, 5) is 19.3. The fourth-order valence-corrected chi connectivity index (χ4v) is 3.13. The minimum Gasteiger partial charge on any atom is -0.353 e. The van der Waals surface area contributed by atoms with Crippen molar-refractivity contribution in [2.75, 3.05) is 16.8 Å². The van der Waals surface area contributed by atoms with Crippen LogP contribution in [0.4, 0.5) is 11.5 Å². The normalized spacial score (nSPS) is 11.2. The molecule has 0 saturated carbocycles. The maximum atomic E-state index is 12.5. The number of hydrogen-bond donors (Lipinski definition) is 1. The molecule has 0 fully saturated rings. The fourth-order valence-electron chi connectivity index (χ4n) is 3.13. The molecular weight excluding hydrogens is 358 g/mol. The zero-order valence-corrected chi connectivity index (χ0v) is 17.6. The van der Waals surface area contributed by atoms with Gasteiger partial charge in [0.15, 0.2) is 0 Å². The van der Waals surface area contributed by atoms with Gasteiger partial charge in [0.05, 0.1) is 11.9 Å². The van der Waals surface area contributed by atoms with Crippen LogP contribution in [0.1, 0.15) is 49.2 Å².